The number of fused-ring (bicyclic) bond motifs is 3. The van der Waals surface area contributed by atoms with Crippen LogP contribution < -0.4 is 16.0 Å². The van der Waals surface area contributed by atoms with E-state index in [0.717, 1.165) is 22.9 Å². The molecule has 32 heavy (non-hydrogen) atoms. The number of thiol groups is 1. The summed E-state index contributed by atoms with van der Waals surface area (Å²) >= 11 is 5.69. The topological polar surface area (TPSA) is 112 Å². The molecule has 0 aliphatic carbocycles. The van der Waals surface area contributed by atoms with Gasteiger partial charge < -0.3 is 16.0 Å². The van der Waals surface area contributed by atoms with Crippen LogP contribution in [0.2, 0.25) is 0 Å². The molecule has 3 aliphatic heterocycles. The van der Waals surface area contributed by atoms with Crippen LogP contribution in [0.5, 0.6) is 0 Å². The number of amides is 3. The molecule has 0 aromatic carbocycles. The molecule has 3 heterocycles. The molecule has 3 amide bonds. The largest absolute Gasteiger partial charge is 0.351 e. The third-order valence-corrected chi connectivity index (χ3v) is 7.02. The molecule has 0 unspecified atom stereocenters. The summed E-state index contributed by atoms with van der Waals surface area (Å²) < 4.78 is 0. The van der Waals surface area contributed by atoms with Gasteiger partial charge in [-0.3, -0.25) is 24.4 Å². The van der Waals surface area contributed by atoms with E-state index >= 15 is 0 Å². The Morgan fingerprint density at radius 2 is 2.09 bits per heavy atom. The molecule has 0 aromatic heterocycles. The molecule has 3 rings (SSSR count). The van der Waals surface area contributed by atoms with Crippen LogP contribution in [-0.4, -0.2) is 64.2 Å². The maximum atomic E-state index is 13.1. The van der Waals surface area contributed by atoms with Gasteiger partial charge in [0.1, 0.15) is 16.6 Å². The van der Waals surface area contributed by atoms with Crippen molar-refractivity contribution in [2.24, 2.45) is 15.9 Å². The van der Waals surface area contributed by atoms with Gasteiger partial charge in [0.2, 0.25) is 17.7 Å². The summed E-state index contributed by atoms with van der Waals surface area (Å²) in [6.07, 6.45) is 7.14. The van der Waals surface area contributed by atoms with E-state index < -0.39 is 17.6 Å². The van der Waals surface area contributed by atoms with Crippen LogP contribution in [0.4, 0.5) is 0 Å². The minimum Gasteiger partial charge on any atom is -0.351 e. The number of allylic oxidation sites excluding steroid dienone is 2. The smallest absolute Gasteiger partial charge is 0.249 e. The maximum Gasteiger partial charge on any atom is 0.249 e. The van der Waals surface area contributed by atoms with Crippen LogP contribution in [-0.2, 0) is 14.4 Å². The molecular formula is C22H31N5O3S2. The number of carbonyl (C=O) groups is 3. The molecule has 174 valence electrons. The maximum absolute atomic E-state index is 13.1. The lowest BCUT2D eigenvalue weighted by Gasteiger charge is -2.27. The molecule has 0 saturated heterocycles. The Hall–Kier alpha value is -2.07. The predicted molar refractivity (Wildman–Crippen MR) is 132 cm³/mol. The zero-order chi connectivity index (χ0) is 23.3. The van der Waals surface area contributed by atoms with Crippen molar-refractivity contribution in [3.63, 3.8) is 0 Å². The fraction of sp³-hybridized carbons (Fsp3) is 0.591. The number of hydrogen-bond acceptors (Lipinski definition) is 7. The van der Waals surface area contributed by atoms with Gasteiger partial charge in [-0.2, -0.15) is 12.6 Å². The molecule has 8 nitrogen and oxygen atoms in total. The summed E-state index contributed by atoms with van der Waals surface area (Å²) in [6.45, 7) is 5.87. The molecule has 0 radical (unpaired) electrons. The predicted octanol–water partition coefficient (Wildman–Crippen LogP) is 1.64. The second-order valence-electron chi connectivity index (χ2n) is 8.68. The molecule has 3 atom stereocenters. The van der Waals surface area contributed by atoms with Crippen molar-refractivity contribution < 1.29 is 14.4 Å². The van der Waals surface area contributed by atoms with E-state index in [1.807, 2.05) is 32.1 Å². The van der Waals surface area contributed by atoms with E-state index in [-0.39, 0.29) is 30.1 Å². The Labute approximate surface area is 198 Å². The van der Waals surface area contributed by atoms with Crippen molar-refractivity contribution in [2.45, 2.75) is 57.7 Å². The first-order valence-corrected chi connectivity index (χ1v) is 12.5. The Morgan fingerprint density at radius 1 is 1.31 bits per heavy atom. The van der Waals surface area contributed by atoms with Crippen LogP contribution in [0.1, 0.15) is 40.0 Å². The normalized spacial score (nSPS) is 29.4. The monoisotopic (exact) mass is 477 g/mol. The van der Waals surface area contributed by atoms with Crippen LogP contribution in [0.3, 0.4) is 0 Å². The number of nitrogens with zero attached hydrogens (tertiary/aromatic N) is 2. The minimum absolute atomic E-state index is 0.0986. The second kappa shape index (κ2) is 10.7. The summed E-state index contributed by atoms with van der Waals surface area (Å²) in [7, 11) is 0. The summed E-state index contributed by atoms with van der Waals surface area (Å²) in [5, 5.41) is 9.43. The first-order chi connectivity index (χ1) is 15.2. The SMILES string of the molecule is CC(C)[C@@H]1NC(=O)[C@]2(C)CSC(=N2)C2=CCC(=N2)CNC(=O)C[C@@H](/C=C/CCS)NC1=O. The van der Waals surface area contributed by atoms with Gasteiger partial charge in [-0.1, -0.05) is 32.1 Å². The number of thioether (sulfide) groups is 1. The van der Waals surface area contributed by atoms with Crippen molar-refractivity contribution in [3.8, 4) is 0 Å². The first kappa shape index (κ1) is 24.6. The quantitative estimate of drug-likeness (QED) is 0.364. The lowest BCUT2D eigenvalue weighted by atomic mass is 9.99. The number of aliphatic imine (C=N–C) groups is 2. The van der Waals surface area contributed by atoms with Gasteiger partial charge in [-0.05, 0) is 25.0 Å². The van der Waals surface area contributed by atoms with Crippen molar-refractivity contribution in [2.75, 3.05) is 18.1 Å². The Balaban J connectivity index is 1.89. The molecule has 0 aromatic rings. The van der Waals surface area contributed by atoms with Crippen molar-refractivity contribution in [1.82, 2.24) is 16.0 Å². The van der Waals surface area contributed by atoms with Gasteiger partial charge in [0.15, 0.2) is 0 Å². The number of hydrogen-bond donors (Lipinski definition) is 4. The van der Waals surface area contributed by atoms with E-state index in [0.29, 0.717) is 24.5 Å². The molecule has 0 fully saturated rings. The number of nitrogens with one attached hydrogen (secondary N) is 3. The van der Waals surface area contributed by atoms with Crippen LogP contribution in [0.15, 0.2) is 33.9 Å². The van der Waals surface area contributed by atoms with Crippen LogP contribution in [0, 0.1) is 5.92 Å². The van der Waals surface area contributed by atoms with Gasteiger partial charge >= 0.3 is 0 Å². The molecule has 0 saturated carbocycles. The van der Waals surface area contributed by atoms with Crippen molar-refractivity contribution >= 4 is 52.9 Å². The minimum atomic E-state index is -0.969. The van der Waals surface area contributed by atoms with Crippen LogP contribution in [0.25, 0.3) is 0 Å². The summed E-state index contributed by atoms with van der Waals surface area (Å²) in [4.78, 5) is 48.1. The van der Waals surface area contributed by atoms with E-state index in [1.54, 1.807) is 6.92 Å². The molecular weight excluding hydrogens is 446 g/mol. The fourth-order valence-corrected chi connectivity index (χ4v) is 4.85. The highest BCUT2D eigenvalue weighted by Crippen LogP contribution is 2.33. The summed E-state index contributed by atoms with van der Waals surface area (Å²) in [6, 6.07) is -1.23. The second-order valence-corrected chi connectivity index (χ2v) is 10.1. The lowest BCUT2D eigenvalue weighted by molar-refractivity contribution is -0.132. The first-order valence-electron chi connectivity index (χ1n) is 10.9. The molecule has 3 N–H and O–H groups in total. The average Bonchev–Trinajstić information content (AvgIpc) is 3.37. The summed E-state index contributed by atoms with van der Waals surface area (Å²) in [5.41, 5.74) is 0.616. The fourth-order valence-electron chi connectivity index (χ4n) is 3.55. The average molecular weight is 478 g/mol. The Morgan fingerprint density at radius 3 is 2.81 bits per heavy atom. The van der Waals surface area contributed by atoms with E-state index in [4.69, 9.17) is 0 Å². The zero-order valence-corrected chi connectivity index (χ0v) is 20.4. The van der Waals surface area contributed by atoms with Gasteiger partial charge in [-0.25, -0.2) is 0 Å². The molecule has 0 spiro atoms. The van der Waals surface area contributed by atoms with Crippen molar-refractivity contribution in [1.29, 1.82) is 0 Å². The zero-order valence-electron chi connectivity index (χ0n) is 18.7. The van der Waals surface area contributed by atoms with E-state index in [2.05, 4.69) is 38.6 Å². The highest BCUT2D eigenvalue weighted by atomic mass is 32.2. The highest BCUT2D eigenvalue weighted by molar-refractivity contribution is 8.14. The van der Waals surface area contributed by atoms with Crippen LogP contribution >= 0.6 is 24.4 Å². The molecule has 3 aliphatic rings. The lowest BCUT2D eigenvalue weighted by Crippen LogP contribution is -2.56. The van der Waals surface area contributed by atoms with E-state index in [1.165, 1.54) is 11.8 Å². The highest BCUT2D eigenvalue weighted by Gasteiger charge is 2.41. The van der Waals surface area contributed by atoms with Gasteiger partial charge in [0.05, 0.1) is 24.7 Å². The van der Waals surface area contributed by atoms with Crippen molar-refractivity contribution in [3.05, 3.63) is 23.9 Å². The van der Waals surface area contributed by atoms with Gasteiger partial charge in [0.25, 0.3) is 0 Å². The Kier molecular flexibility index (Phi) is 8.21. The standard InChI is InChI=1S/C22H31N5O3S2/c1-13(2)18-19(29)25-14(6-4-5-9-31)10-17(28)23-11-15-7-8-16(24-15)20-27-22(3,12-32-20)21(30)26-18/h4,6,8,13-14,18,31H,5,7,9-12H2,1-3H3,(H,23,28)(H,25,29)(H,26,30)/b6-4+/t14-,18+,22+/m1/s1. The Bertz CT molecular complexity index is 896. The molecule has 4 bridgehead atoms. The summed E-state index contributed by atoms with van der Waals surface area (Å²) in [5.74, 6) is 0.221. The number of carbonyl (C=O) groups excluding carboxylic acids is 3. The van der Waals surface area contributed by atoms with Gasteiger partial charge in [0, 0.05) is 17.9 Å². The molecule has 10 heteroatoms. The van der Waals surface area contributed by atoms with Gasteiger partial charge in [-0.15, -0.1) is 11.8 Å². The third-order valence-electron chi connectivity index (χ3n) is 5.48. The third kappa shape index (κ3) is 6.04. The van der Waals surface area contributed by atoms with E-state index in [9.17, 15) is 14.4 Å². The number of rotatable bonds is 4.